The summed E-state index contributed by atoms with van der Waals surface area (Å²) in [5.74, 6) is 1.06. The van der Waals surface area contributed by atoms with Gasteiger partial charge in [-0.15, -0.1) is 0 Å². The van der Waals surface area contributed by atoms with E-state index in [4.69, 9.17) is 0 Å². The highest BCUT2D eigenvalue weighted by Crippen LogP contribution is 2.15. The SMILES string of the molecule is Cn1ccnc1CNCCc1cccc2cccnc12. The van der Waals surface area contributed by atoms with E-state index in [2.05, 4.69) is 39.6 Å². The molecular formula is C16H18N4. The van der Waals surface area contributed by atoms with Crippen LogP contribution >= 0.6 is 0 Å². The molecule has 3 aromatic rings. The Balaban J connectivity index is 1.62. The van der Waals surface area contributed by atoms with E-state index in [1.54, 1.807) is 0 Å². The van der Waals surface area contributed by atoms with Crippen LogP contribution in [0.4, 0.5) is 0 Å². The Morgan fingerprint density at radius 2 is 2.00 bits per heavy atom. The van der Waals surface area contributed by atoms with Crippen LogP contribution in [0.3, 0.4) is 0 Å². The Morgan fingerprint density at radius 1 is 1.10 bits per heavy atom. The van der Waals surface area contributed by atoms with Crippen LogP contribution in [0.1, 0.15) is 11.4 Å². The lowest BCUT2D eigenvalue weighted by Crippen LogP contribution is -2.19. The van der Waals surface area contributed by atoms with Crippen LogP contribution in [0.15, 0.2) is 48.9 Å². The first-order valence-corrected chi connectivity index (χ1v) is 6.84. The molecule has 20 heavy (non-hydrogen) atoms. The molecule has 0 spiro atoms. The zero-order chi connectivity index (χ0) is 13.8. The van der Waals surface area contributed by atoms with Gasteiger partial charge in [-0.3, -0.25) is 4.98 Å². The molecule has 2 aromatic heterocycles. The van der Waals surface area contributed by atoms with E-state index < -0.39 is 0 Å². The summed E-state index contributed by atoms with van der Waals surface area (Å²) in [6, 6.07) is 10.4. The second-order valence-corrected chi connectivity index (χ2v) is 4.87. The van der Waals surface area contributed by atoms with E-state index in [1.165, 1.54) is 10.9 Å². The molecule has 0 atom stereocenters. The fraction of sp³-hybridized carbons (Fsp3) is 0.250. The maximum absolute atomic E-state index is 4.48. The third-order valence-electron chi connectivity index (χ3n) is 3.49. The summed E-state index contributed by atoms with van der Waals surface area (Å²) in [5, 5.41) is 4.63. The van der Waals surface area contributed by atoms with Crippen molar-refractivity contribution in [2.24, 2.45) is 7.05 Å². The minimum atomic E-state index is 0.793. The van der Waals surface area contributed by atoms with Crippen molar-refractivity contribution in [1.82, 2.24) is 19.9 Å². The van der Waals surface area contributed by atoms with Gasteiger partial charge in [-0.05, 0) is 24.6 Å². The molecule has 2 heterocycles. The van der Waals surface area contributed by atoms with Crippen LogP contribution in [-0.2, 0) is 20.0 Å². The second-order valence-electron chi connectivity index (χ2n) is 4.87. The van der Waals surface area contributed by atoms with Crippen molar-refractivity contribution in [3.05, 3.63) is 60.3 Å². The lowest BCUT2D eigenvalue weighted by Gasteiger charge is -2.07. The first kappa shape index (κ1) is 12.8. The van der Waals surface area contributed by atoms with Crippen molar-refractivity contribution in [3.63, 3.8) is 0 Å². The van der Waals surface area contributed by atoms with Gasteiger partial charge in [-0.2, -0.15) is 0 Å². The second kappa shape index (κ2) is 5.84. The molecular weight excluding hydrogens is 248 g/mol. The van der Waals surface area contributed by atoms with E-state index in [0.717, 1.165) is 30.9 Å². The van der Waals surface area contributed by atoms with Crippen LogP contribution in [-0.4, -0.2) is 21.1 Å². The number of hydrogen-bond donors (Lipinski definition) is 1. The molecule has 0 saturated carbocycles. The van der Waals surface area contributed by atoms with Crippen molar-refractivity contribution in [2.75, 3.05) is 6.54 Å². The number of hydrogen-bond acceptors (Lipinski definition) is 3. The van der Waals surface area contributed by atoms with E-state index in [1.807, 2.05) is 36.3 Å². The fourth-order valence-corrected chi connectivity index (χ4v) is 2.36. The van der Waals surface area contributed by atoms with Crippen LogP contribution in [0.5, 0.6) is 0 Å². The van der Waals surface area contributed by atoms with Crippen molar-refractivity contribution in [3.8, 4) is 0 Å². The van der Waals surface area contributed by atoms with E-state index in [-0.39, 0.29) is 0 Å². The molecule has 4 nitrogen and oxygen atoms in total. The number of aromatic nitrogens is 3. The standard InChI is InChI=1S/C16H18N4/c1-20-11-10-18-15(20)12-17-9-7-14-5-2-4-13-6-3-8-19-16(13)14/h2-6,8,10-11,17H,7,9,12H2,1H3. The average Bonchev–Trinajstić information content (AvgIpc) is 2.89. The smallest absolute Gasteiger partial charge is 0.122 e. The highest BCUT2D eigenvalue weighted by molar-refractivity contribution is 5.81. The predicted octanol–water partition coefficient (Wildman–Crippen LogP) is 2.30. The number of nitrogens with zero attached hydrogens (tertiary/aromatic N) is 3. The first-order chi connectivity index (χ1) is 9.84. The Bertz CT molecular complexity index is 697. The van der Waals surface area contributed by atoms with Crippen molar-refractivity contribution >= 4 is 10.9 Å². The average molecular weight is 266 g/mol. The summed E-state index contributed by atoms with van der Waals surface area (Å²) < 4.78 is 2.03. The van der Waals surface area contributed by atoms with Gasteiger partial charge in [-0.25, -0.2) is 4.98 Å². The topological polar surface area (TPSA) is 42.7 Å². The molecule has 4 heteroatoms. The molecule has 102 valence electrons. The van der Waals surface area contributed by atoms with Crippen LogP contribution in [0.2, 0.25) is 0 Å². The summed E-state index contributed by atoms with van der Waals surface area (Å²) in [4.78, 5) is 8.78. The molecule has 1 N–H and O–H groups in total. The van der Waals surface area contributed by atoms with Gasteiger partial charge in [0, 0.05) is 31.0 Å². The van der Waals surface area contributed by atoms with Gasteiger partial charge in [0.25, 0.3) is 0 Å². The minimum absolute atomic E-state index is 0.793. The van der Waals surface area contributed by atoms with E-state index in [9.17, 15) is 0 Å². The normalized spacial score (nSPS) is 11.1. The van der Waals surface area contributed by atoms with Gasteiger partial charge >= 0.3 is 0 Å². The molecule has 0 unspecified atom stereocenters. The van der Waals surface area contributed by atoms with Gasteiger partial charge in [0.15, 0.2) is 0 Å². The zero-order valence-corrected chi connectivity index (χ0v) is 11.6. The van der Waals surface area contributed by atoms with Crippen molar-refractivity contribution in [2.45, 2.75) is 13.0 Å². The molecule has 3 rings (SSSR count). The quantitative estimate of drug-likeness (QED) is 0.721. The van der Waals surface area contributed by atoms with Crippen LogP contribution < -0.4 is 5.32 Å². The Morgan fingerprint density at radius 3 is 2.85 bits per heavy atom. The fourth-order valence-electron chi connectivity index (χ4n) is 2.36. The Labute approximate surface area is 118 Å². The summed E-state index contributed by atoms with van der Waals surface area (Å²) >= 11 is 0. The Hall–Kier alpha value is -2.20. The molecule has 1 aromatic carbocycles. The lowest BCUT2D eigenvalue weighted by atomic mass is 10.1. The number of pyridine rings is 1. The van der Waals surface area contributed by atoms with Gasteiger partial charge in [-0.1, -0.05) is 24.3 Å². The molecule has 0 radical (unpaired) electrons. The molecule has 0 aliphatic carbocycles. The third-order valence-corrected chi connectivity index (χ3v) is 3.49. The van der Waals surface area contributed by atoms with Gasteiger partial charge < -0.3 is 9.88 Å². The number of imidazole rings is 1. The largest absolute Gasteiger partial charge is 0.337 e. The summed E-state index contributed by atoms with van der Waals surface area (Å²) in [5.41, 5.74) is 2.39. The maximum Gasteiger partial charge on any atom is 0.122 e. The molecule has 0 saturated heterocycles. The van der Waals surface area contributed by atoms with E-state index in [0.29, 0.717) is 0 Å². The molecule has 0 aliphatic rings. The Kier molecular flexibility index (Phi) is 3.74. The number of rotatable bonds is 5. The van der Waals surface area contributed by atoms with Crippen LogP contribution in [0.25, 0.3) is 10.9 Å². The number of benzene rings is 1. The predicted molar refractivity (Wildman–Crippen MR) is 80.4 cm³/mol. The van der Waals surface area contributed by atoms with Crippen molar-refractivity contribution < 1.29 is 0 Å². The zero-order valence-electron chi connectivity index (χ0n) is 11.6. The molecule has 0 fully saturated rings. The highest BCUT2D eigenvalue weighted by atomic mass is 15.1. The first-order valence-electron chi connectivity index (χ1n) is 6.84. The van der Waals surface area contributed by atoms with Gasteiger partial charge in [0.05, 0.1) is 12.1 Å². The minimum Gasteiger partial charge on any atom is -0.337 e. The molecule has 0 aliphatic heterocycles. The van der Waals surface area contributed by atoms with Gasteiger partial charge in [0.1, 0.15) is 5.82 Å². The van der Waals surface area contributed by atoms with Gasteiger partial charge in [0.2, 0.25) is 0 Å². The lowest BCUT2D eigenvalue weighted by molar-refractivity contribution is 0.638. The summed E-state index contributed by atoms with van der Waals surface area (Å²) in [6.07, 6.45) is 6.61. The number of fused-ring (bicyclic) bond motifs is 1. The summed E-state index contributed by atoms with van der Waals surface area (Å²) in [7, 11) is 2.01. The summed E-state index contributed by atoms with van der Waals surface area (Å²) in [6.45, 7) is 1.71. The number of aryl methyl sites for hydroxylation is 1. The van der Waals surface area contributed by atoms with Crippen molar-refractivity contribution in [1.29, 1.82) is 0 Å². The number of para-hydroxylation sites is 1. The maximum atomic E-state index is 4.48. The monoisotopic (exact) mass is 266 g/mol. The number of nitrogens with one attached hydrogen (secondary N) is 1. The third kappa shape index (κ3) is 2.70. The highest BCUT2D eigenvalue weighted by Gasteiger charge is 2.02. The molecule has 0 amide bonds. The molecule has 0 bridgehead atoms. The van der Waals surface area contributed by atoms with Crippen LogP contribution in [0, 0.1) is 0 Å². The van der Waals surface area contributed by atoms with E-state index >= 15 is 0 Å².